The standard InChI is InChI=1S/C19H22N4OS/c1-10(2)13-5-7-14(8-6-13)18(24)22-16-11(3)9-15-17(12(16)4)25-19(21-15)23-20/h5-10H,20H2,1-4H3,(H,21,23)(H,22,24). The van der Waals surface area contributed by atoms with Crippen LogP contribution in [0.4, 0.5) is 10.8 Å². The van der Waals surface area contributed by atoms with E-state index >= 15 is 0 Å². The number of rotatable bonds is 4. The van der Waals surface area contributed by atoms with Gasteiger partial charge in [-0.3, -0.25) is 10.2 Å². The Kier molecular flexibility index (Phi) is 4.74. The smallest absolute Gasteiger partial charge is 0.255 e. The molecule has 4 N–H and O–H groups in total. The normalized spacial score (nSPS) is 11.1. The molecule has 0 radical (unpaired) electrons. The fraction of sp³-hybridized carbons (Fsp3) is 0.263. The van der Waals surface area contributed by atoms with E-state index in [1.807, 2.05) is 44.2 Å². The maximum Gasteiger partial charge on any atom is 0.255 e. The lowest BCUT2D eigenvalue weighted by molar-refractivity contribution is 0.102. The first-order chi connectivity index (χ1) is 11.9. The summed E-state index contributed by atoms with van der Waals surface area (Å²) in [5.41, 5.74) is 8.14. The van der Waals surface area contributed by atoms with Gasteiger partial charge in [-0.25, -0.2) is 10.8 Å². The number of benzene rings is 2. The van der Waals surface area contributed by atoms with E-state index in [0.29, 0.717) is 16.6 Å². The molecule has 25 heavy (non-hydrogen) atoms. The molecule has 0 fully saturated rings. The molecule has 0 unspecified atom stereocenters. The Labute approximate surface area is 151 Å². The lowest BCUT2D eigenvalue weighted by Gasteiger charge is -2.13. The SMILES string of the molecule is Cc1cc2nc(NN)sc2c(C)c1NC(=O)c1ccc(C(C)C)cc1. The minimum Gasteiger partial charge on any atom is -0.321 e. The molecule has 0 spiro atoms. The van der Waals surface area contributed by atoms with Crippen LogP contribution in [-0.4, -0.2) is 10.9 Å². The molecule has 2 aromatic carbocycles. The number of nitrogens with zero attached hydrogens (tertiary/aromatic N) is 1. The maximum atomic E-state index is 12.6. The van der Waals surface area contributed by atoms with Gasteiger partial charge in [-0.1, -0.05) is 37.3 Å². The fourth-order valence-electron chi connectivity index (χ4n) is 2.84. The average molecular weight is 354 g/mol. The first-order valence-electron chi connectivity index (χ1n) is 8.19. The lowest BCUT2D eigenvalue weighted by Crippen LogP contribution is -2.14. The Morgan fingerprint density at radius 2 is 1.88 bits per heavy atom. The van der Waals surface area contributed by atoms with Crippen LogP contribution < -0.4 is 16.6 Å². The van der Waals surface area contributed by atoms with Crippen molar-refractivity contribution in [3.05, 3.63) is 52.6 Å². The zero-order chi connectivity index (χ0) is 18.1. The number of aryl methyl sites for hydroxylation is 2. The number of nitrogens with two attached hydrogens (primary N) is 1. The van der Waals surface area contributed by atoms with E-state index in [1.54, 1.807) is 0 Å². The van der Waals surface area contributed by atoms with Crippen molar-refractivity contribution in [3.63, 3.8) is 0 Å². The number of anilines is 2. The van der Waals surface area contributed by atoms with Gasteiger partial charge in [-0.15, -0.1) is 0 Å². The second-order valence-corrected chi connectivity index (χ2v) is 7.43. The van der Waals surface area contributed by atoms with E-state index in [4.69, 9.17) is 5.84 Å². The summed E-state index contributed by atoms with van der Waals surface area (Å²) in [5, 5.41) is 3.71. The van der Waals surface area contributed by atoms with E-state index in [2.05, 4.69) is 29.6 Å². The topological polar surface area (TPSA) is 80.0 Å². The molecule has 3 rings (SSSR count). The van der Waals surface area contributed by atoms with E-state index in [-0.39, 0.29) is 5.91 Å². The van der Waals surface area contributed by atoms with Gasteiger partial charge in [0.05, 0.1) is 10.2 Å². The highest BCUT2D eigenvalue weighted by Gasteiger charge is 2.15. The van der Waals surface area contributed by atoms with Gasteiger partial charge in [0.1, 0.15) is 0 Å². The van der Waals surface area contributed by atoms with Gasteiger partial charge < -0.3 is 5.32 Å². The van der Waals surface area contributed by atoms with Crippen LogP contribution in [-0.2, 0) is 0 Å². The molecule has 130 valence electrons. The van der Waals surface area contributed by atoms with Gasteiger partial charge >= 0.3 is 0 Å². The van der Waals surface area contributed by atoms with E-state index in [9.17, 15) is 4.79 Å². The summed E-state index contributed by atoms with van der Waals surface area (Å²) in [4.78, 5) is 17.1. The van der Waals surface area contributed by atoms with E-state index < -0.39 is 0 Å². The number of carbonyl (C=O) groups is 1. The summed E-state index contributed by atoms with van der Waals surface area (Å²) in [6.45, 7) is 8.23. The lowest BCUT2D eigenvalue weighted by atomic mass is 10.0. The van der Waals surface area contributed by atoms with E-state index in [0.717, 1.165) is 27.0 Å². The molecule has 0 aliphatic carbocycles. The van der Waals surface area contributed by atoms with Gasteiger partial charge in [-0.2, -0.15) is 0 Å². The molecule has 0 aliphatic rings. The first kappa shape index (κ1) is 17.4. The van der Waals surface area contributed by atoms with Crippen molar-refractivity contribution in [2.75, 3.05) is 10.7 Å². The summed E-state index contributed by atoms with van der Waals surface area (Å²) in [5.74, 6) is 5.79. The highest BCUT2D eigenvalue weighted by Crippen LogP contribution is 2.35. The molecule has 5 nitrogen and oxygen atoms in total. The molecular formula is C19H22N4OS. The molecule has 0 saturated carbocycles. The Morgan fingerprint density at radius 1 is 1.20 bits per heavy atom. The zero-order valence-corrected chi connectivity index (χ0v) is 15.6. The van der Waals surface area contributed by atoms with Crippen molar-refractivity contribution in [2.45, 2.75) is 33.6 Å². The van der Waals surface area contributed by atoms with Crippen LogP contribution in [0.25, 0.3) is 10.2 Å². The third-order valence-electron chi connectivity index (χ3n) is 4.32. The van der Waals surface area contributed by atoms with Gasteiger partial charge in [0.15, 0.2) is 5.13 Å². The van der Waals surface area contributed by atoms with Crippen LogP contribution in [0.2, 0.25) is 0 Å². The first-order valence-corrected chi connectivity index (χ1v) is 9.01. The number of fused-ring (bicyclic) bond motifs is 1. The van der Waals surface area contributed by atoms with E-state index in [1.165, 1.54) is 16.9 Å². The van der Waals surface area contributed by atoms with Crippen molar-refractivity contribution in [3.8, 4) is 0 Å². The van der Waals surface area contributed by atoms with Crippen molar-refractivity contribution < 1.29 is 4.79 Å². The number of carbonyl (C=O) groups excluding carboxylic acids is 1. The van der Waals surface area contributed by atoms with Crippen LogP contribution in [0.3, 0.4) is 0 Å². The Balaban J connectivity index is 1.92. The molecule has 0 bridgehead atoms. The van der Waals surface area contributed by atoms with Gasteiger partial charge in [0, 0.05) is 11.3 Å². The predicted octanol–water partition coefficient (Wildman–Crippen LogP) is 4.57. The van der Waals surface area contributed by atoms with Gasteiger partial charge in [0.25, 0.3) is 5.91 Å². The van der Waals surface area contributed by atoms with Gasteiger partial charge in [-0.05, 0) is 54.7 Å². The number of hydrogen-bond acceptors (Lipinski definition) is 5. The second-order valence-electron chi connectivity index (χ2n) is 6.44. The predicted molar refractivity (Wildman–Crippen MR) is 105 cm³/mol. The molecule has 1 heterocycles. The highest BCUT2D eigenvalue weighted by atomic mass is 32.1. The van der Waals surface area contributed by atoms with Crippen molar-refractivity contribution >= 4 is 38.3 Å². The maximum absolute atomic E-state index is 12.6. The van der Waals surface area contributed by atoms with Crippen LogP contribution in [0.1, 0.15) is 46.8 Å². The number of aromatic nitrogens is 1. The molecule has 0 saturated heterocycles. The van der Waals surface area contributed by atoms with Crippen LogP contribution in [0.5, 0.6) is 0 Å². The summed E-state index contributed by atoms with van der Waals surface area (Å²) >= 11 is 1.48. The third-order valence-corrected chi connectivity index (χ3v) is 5.44. The molecule has 6 heteroatoms. The average Bonchev–Trinajstić information content (AvgIpc) is 3.01. The summed E-state index contributed by atoms with van der Waals surface area (Å²) < 4.78 is 1.02. The van der Waals surface area contributed by atoms with Crippen molar-refractivity contribution in [2.24, 2.45) is 5.84 Å². The Hall–Kier alpha value is -2.44. The molecule has 0 atom stereocenters. The van der Waals surface area contributed by atoms with Crippen molar-refractivity contribution in [1.29, 1.82) is 0 Å². The third kappa shape index (κ3) is 3.36. The number of hydrogen-bond donors (Lipinski definition) is 3. The molecule has 1 aromatic heterocycles. The largest absolute Gasteiger partial charge is 0.321 e. The molecule has 3 aromatic rings. The quantitative estimate of drug-likeness (QED) is 0.473. The second kappa shape index (κ2) is 6.82. The Bertz CT molecular complexity index is 929. The number of nitrogen functional groups attached to an aromatic ring is 1. The molecular weight excluding hydrogens is 332 g/mol. The Morgan fingerprint density at radius 3 is 2.48 bits per heavy atom. The summed E-state index contributed by atoms with van der Waals surface area (Å²) in [7, 11) is 0. The minimum atomic E-state index is -0.109. The minimum absolute atomic E-state index is 0.109. The van der Waals surface area contributed by atoms with Crippen LogP contribution in [0.15, 0.2) is 30.3 Å². The number of thiazole rings is 1. The van der Waals surface area contributed by atoms with Gasteiger partial charge in [0.2, 0.25) is 0 Å². The van der Waals surface area contributed by atoms with Crippen molar-refractivity contribution in [1.82, 2.24) is 4.98 Å². The number of hydrazine groups is 1. The summed E-state index contributed by atoms with van der Waals surface area (Å²) in [6.07, 6.45) is 0. The van der Waals surface area contributed by atoms with Crippen LogP contribution in [0, 0.1) is 13.8 Å². The fourth-order valence-corrected chi connectivity index (χ4v) is 3.70. The van der Waals surface area contributed by atoms with Crippen LogP contribution >= 0.6 is 11.3 Å². The monoisotopic (exact) mass is 354 g/mol. The number of nitrogens with one attached hydrogen (secondary N) is 2. The number of amides is 1. The highest BCUT2D eigenvalue weighted by molar-refractivity contribution is 7.22. The molecule has 0 aliphatic heterocycles. The molecule has 1 amide bonds. The zero-order valence-electron chi connectivity index (χ0n) is 14.8. The summed E-state index contributed by atoms with van der Waals surface area (Å²) in [6, 6.07) is 9.72.